The van der Waals surface area contributed by atoms with Gasteiger partial charge in [-0.15, -0.1) is 0 Å². The fraction of sp³-hybridized carbons (Fsp3) is 0.0833. The molecule has 31 heavy (non-hydrogen) atoms. The van der Waals surface area contributed by atoms with Gasteiger partial charge in [0.1, 0.15) is 11.5 Å². The van der Waals surface area contributed by atoms with Gasteiger partial charge in [-0.3, -0.25) is 9.78 Å². The van der Waals surface area contributed by atoms with Crippen LogP contribution in [0.5, 0.6) is 11.5 Å². The first-order chi connectivity index (χ1) is 15.2. The zero-order valence-corrected chi connectivity index (χ0v) is 17.1. The summed E-state index contributed by atoms with van der Waals surface area (Å²) in [5, 5.41) is 4.84. The summed E-state index contributed by atoms with van der Waals surface area (Å²) in [6.45, 7) is 0. The van der Waals surface area contributed by atoms with E-state index in [1.54, 1.807) is 44.7 Å². The van der Waals surface area contributed by atoms with E-state index in [0.29, 0.717) is 34.0 Å². The van der Waals surface area contributed by atoms with E-state index in [1.807, 2.05) is 42.5 Å². The Morgan fingerprint density at radius 2 is 1.68 bits per heavy atom. The minimum absolute atomic E-state index is 0.345. The summed E-state index contributed by atoms with van der Waals surface area (Å²) in [7, 11) is 3.15. The van der Waals surface area contributed by atoms with Crippen LogP contribution >= 0.6 is 0 Å². The minimum Gasteiger partial charge on any atom is -0.497 e. The Morgan fingerprint density at radius 3 is 2.39 bits per heavy atom. The van der Waals surface area contributed by atoms with E-state index in [1.165, 1.54) is 6.21 Å². The van der Waals surface area contributed by atoms with Crippen LogP contribution in [0, 0.1) is 0 Å². The van der Waals surface area contributed by atoms with Gasteiger partial charge in [0.25, 0.3) is 5.91 Å². The van der Waals surface area contributed by atoms with E-state index in [4.69, 9.17) is 9.47 Å². The van der Waals surface area contributed by atoms with Crippen molar-refractivity contribution in [2.24, 2.45) is 5.10 Å². The molecule has 0 unspecified atom stereocenters. The molecule has 4 rings (SSSR count). The highest BCUT2D eigenvalue weighted by Crippen LogP contribution is 2.24. The Kier molecular flexibility index (Phi) is 5.84. The molecule has 0 saturated heterocycles. The molecule has 0 saturated carbocycles. The van der Waals surface area contributed by atoms with Crippen molar-refractivity contribution in [1.29, 1.82) is 0 Å². The van der Waals surface area contributed by atoms with Crippen LogP contribution in [0.1, 0.15) is 15.9 Å². The first-order valence-corrected chi connectivity index (χ1v) is 9.55. The number of hydrazone groups is 1. The van der Waals surface area contributed by atoms with Crippen LogP contribution < -0.4 is 14.9 Å². The third-order valence-electron chi connectivity index (χ3n) is 4.64. The fourth-order valence-corrected chi connectivity index (χ4v) is 3.14. The van der Waals surface area contributed by atoms with Crippen LogP contribution in [-0.2, 0) is 0 Å². The van der Waals surface area contributed by atoms with Gasteiger partial charge in [0.2, 0.25) is 0 Å². The molecule has 7 nitrogen and oxygen atoms in total. The second kappa shape index (κ2) is 9.04. The smallest absolute Gasteiger partial charge is 0.272 e. The Labute approximate surface area is 179 Å². The second-order valence-electron chi connectivity index (χ2n) is 6.63. The van der Waals surface area contributed by atoms with Crippen molar-refractivity contribution in [1.82, 2.24) is 15.4 Å². The number of carbonyl (C=O) groups excluding carboxylic acids is 1. The Morgan fingerprint density at radius 1 is 0.935 bits per heavy atom. The second-order valence-corrected chi connectivity index (χ2v) is 6.63. The van der Waals surface area contributed by atoms with Crippen molar-refractivity contribution in [3.63, 3.8) is 0 Å². The molecule has 2 aromatic heterocycles. The highest BCUT2D eigenvalue weighted by molar-refractivity contribution is 6.07. The van der Waals surface area contributed by atoms with Crippen LogP contribution in [0.3, 0.4) is 0 Å². The molecule has 1 amide bonds. The summed E-state index contributed by atoms with van der Waals surface area (Å²) in [4.78, 5) is 21.9. The molecule has 7 heteroatoms. The van der Waals surface area contributed by atoms with Gasteiger partial charge >= 0.3 is 0 Å². The van der Waals surface area contributed by atoms with E-state index in [0.717, 1.165) is 10.9 Å². The van der Waals surface area contributed by atoms with Crippen molar-refractivity contribution in [2.45, 2.75) is 0 Å². The normalized spacial score (nSPS) is 10.9. The number of nitrogens with zero attached hydrogens (tertiary/aromatic N) is 3. The maximum atomic E-state index is 13.0. The number of ether oxygens (including phenoxy) is 2. The number of benzene rings is 2. The topological polar surface area (TPSA) is 85.7 Å². The minimum atomic E-state index is -0.345. The van der Waals surface area contributed by atoms with Crippen molar-refractivity contribution in [3.8, 4) is 22.9 Å². The molecule has 0 aliphatic heterocycles. The van der Waals surface area contributed by atoms with E-state index in [2.05, 4.69) is 20.5 Å². The molecule has 4 aromatic rings. The third kappa shape index (κ3) is 4.51. The Bertz CT molecular complexity index is 1230. The number of fused-ring (bicyclic) bond motifs is 1. The molecule has 0 atom stereocenters. The van der Waals surface area contributed by atoms with Crippen molar-refractivity contribution >= 4 is 23.0 Å². The lowest BCUT2D eigenvalue weighted by molar-refractivity contribution is 0.0956. The Hall–Kier alpha value is -4.26. The molecule has 0 spiro atoms. The number of carbonyl (C=O) groups is 1. The number of hydrogen-bond donors (Lipinski definition) is 1. The monoisotopic (exact) mass is 412 g/mol. The van der Waals surface area contributed by atoms with E-state index >= 15 is 0 Å². The van der Waals surface area contributed by atoms with Crippen molar-refractivity contribution in [3.05, 3.63) is 84.1 Å². The van der Waals surface area contributed by atoms with Gasteiger partial charge in [-0.25, -0.2) is 10.4 Å². The number of amides is 1. The molecular formula is C24H20N4O3. The predicted octanol–water partition coefficient (Wildman–Crippen LogP) is 4.08. The van der Waals surface area contributed by atoms with E-state index in [-0.39, 0.29) is 5.91 Å². The molecule has 0 aliphatic rings. The van der Waals surface area contributed by atoms with Crippen LogP contribution in [0.4, 0.5) is 0 Å². The first-order valence-electron chi connectivity index (χ1n) is 9.55. The average Bonchev–Trinajstić information content (AvgIpc) is 2.83. The lowest BCUT2D eigenvalue weighted by atomic mass is 10.1. The summed E-state index contributed by atoms with van der Waals surface area (Å²) >= 11 is 0. The molecule has 2 aromatic carbocycles. The molecule has 154 valence electrons. The zero-order valence-electron chi connectivity index (χ0n) is 17.1. The molecular weight excluding hydrogens is 392 g/mol. The van der Waals surface area contributed by atoms with Crippen molar-refractivity contribution in [2.75, 3.05) is 14.2 Å². The molecule has 1 N–H and O–H groups in total. The fourth-order valence-electron chi connectivity index (χ4n) is 3.14. The summed E-state index contributed by atoms with van der Waals surface area (Å²) < 4.78 is 10.5. The van der Waals surface area contributed by atoms with E-state index in [9.17, 15) is 4.79 Å². The number of rotatable bonds is 6. The number of nitrogens with one attached hydrogen (secondary N) is 1. The maximum absolute atomic E-state index is 13.0. The first kappa shape index (κ1) is 20.0. The van der Waals surface area contributed by atoms with Crippen LogP contribution in [-0.4, -0.2) is 36.3 Å². The molecule has 2 heterocycles. The average molecular weight is 412 g/mol. The van der Waals surface area contributed by atoms with E-state index < -0.39 is 0 Å². The largest absolute Gasteiger partial charge is 0.497 e. The van der Waals surface area contributed by atoms with Gasteiger partial charge in [-0.05, 0) is 36.4 Å². The Balaban J connectivity index is 1.64. The number of para-hydroxylation sites is 1. The molecule has 0 fully saturated rings. The van der Waals surface area contributed by atoms with Gasteiger partial charge in [-0.1, -0.05) is 24.3 Å². The van der Waals surface area contributed by atoms with Gasteiger partial charge in [0, 0.05) is 23.2 Å². The standard InChI is InChI=1S/C24H20N4O3/c1-30-17-11-16(12-18(13-17)31-2)15-26-28-24(29)20-14-23(22-9-5-6-10-25-22)27-21-8-4-3-7-19(20)21/h3-15H,1-2H3,(H,28,29)/b26-15-. The highest BCUT2D eigenvalue weighted by Gasteiger charge is 2.14. The molecule has 0 aliphatic carbocycles. The number of methoxy groups -OCH3 is 2. The lowest BCUT2D eigenvalue weighted by Crippen LogP contribution is -2.18. The van der Waals surface area contributed by atoms with Gasteiger partial charge in [0.05, 0.1) is 42.9 Å². The lowest BCUT2D eigenvalue weighted by Gasteiger charge is -2.08. The van der Waals surface area contributed by atoms with Gasteiger partial charge in [0.15, 0.2) is 0 Å². The van der Waals surface area contributed by atoms with Crippen molar-refractivity contribution < 1.29 is 14.3 Å². The zero-order chi connectivity index (χ0) is 21.6. The summed E-state index contributed by atoms with van der Waals surface area (Å²) in [6.07, 6.45) is 3.23. The third-order valence-corrected chi connectivity index (χ3v) is 4.64. The van der Waals surface area contributed by atoms with Crippen LogP contribution in [0.25, 0.3) is 22.3 Å². The van der Waals surface area contributed by atoms with Gasteiger partial charge < -0.3 is 9.47 Å². The summed E-state index contributed by atoms with van der Waals surface area (Å²) in [5.74, 6) is 0.918. The van der Waals surface area contributed by atoms with Gasteiger partial charge in [-0.2, -0.15) is 5.10 Å². The predicted molar refractivity (Wildman–Crippen MR) is 120 cm³/mol. The van der Waals surface area contributed by atoms with Crippen LogP contribution in [0.15, 0.2) is 78.0 Å². The molecule has 0 radical (unpaired) electrons. The SMILES string of the molecule is COc1cc(/C=N\NC(=O)c2cc(-c3ccccn3)nc3ccccc23)cc(OC)c1. The quantitative estimate of drug-likeness (QED) is 0.381. The summed E-state index contributed by atoms with van der Waals surface area (Å²) in [5.41, 5.74) is 5.80. The highest BCUT2D eigenvalue weighted by atomic mass is 16.5. The number of aromatic nitrogens is 2. The van der Waals surface area contributed by atoms with Crippen LogP contribution in [0.2, 0.25) is 0 Å². The number of hydrogen-bond acceptors (Lipinski definition) is 6. The summed E-state index contributed by atoms with van der Waals surface area (Å²) in [6, 6.07) is 20.1. The number of pyridine rings is 2. The maximum Gasteiger partial charge on any atom is 0.272 e. The molecule has 0 bridgehead atoms.